The van der Waals surface area contributed by atoms with Gasteiger partial charge in [0.1, 0.15) is 5.60 Å². The summed E-state index contributed by atoms with van der Waals surface area (Å²) in [6.07, 6.45) is 2.54. The minimum Gasteiger partial charge on any atom is -0.479 e. The molecule has 0 saturated carbocycles. The standard InChI is InChI=1S/C13H20N2O4/c1-12(2,3)19-11(18)15-13(4,10(16)17)8-6-7-9-14-5/h6,8H,7,9H2,1-4H3,(H,15,18)(H,16,17)/b8-6-. The van der Waals surface area contributed by atoms with Crippen LogP contribution < -0.4 is 5.32 Å². The van der Waals surface area contributed by atoms with Crippen molar-refractivity contribution in [2.45, 2.75) is 45.3 Å². The van der Waals surface area contributed by atoms with Crippen molar-refractivity contribution < 1.29 is 19.4 Å². The van der Waals surface area contributed by atoms with Crippen LogP contribution in [0, 0.1) is 6.57 Å². The molecule has 0 aromatic heterocycles. The summed E-state index contributed by atoms with van der Waals surface area (Å²) >= 11 is 0. The van der Waals surface area contributed by atoms with Gasteiger partial charge in [-0.3, -0.25) is 0 Å². The minimum absolute atomic E-state index is 0.276. The Morgan fingerprint density at radius 2 is 1.95 bits per heavy atom. The maximum Gasteiger partial charge on any atom is 0.408 e. The van der Waals surface area contributed by atoms with Crippen molar-refractivity contribution in [3.05, 3.63) is 23.6 Å². The maximum atomic E-state index is 11.6. The Morgan fingerprint density at radius 3 is 2.37 bits per heavy atom. The average Bonchev–Trinajstić information content (AvgIpc) is 2.21. The van der Waals surface area contributed by atoms with E-state index in [0.717, 1.165) is 0 Å². The Labute approximate surface area is 113 Å². The predicted octanol–water partition coefficient (Wildman–Crippen LogP) is 2.22. The number of carbonyl (C=O) groups is 2. The number of carboxylic acid groups (broad SMARTS) is 1. The number of aliphatic carboxylic acids is 1. The van der Waals surface area contributed by atoms with Crippen LogP contribution in [0.25, 0.3) is 4.85 Å². The molecule has 0 rings (SSSR count). The van der Waals surface area contributed by atoms with Crippen molar-refractivity contribution >= 4 is 12.1 Å². The molecule has 1 atom stereocenters. The Balaban J connectivity index is 4.73. The normalized spacial score (nSPS) is 14.5. The third-order valence-corrected chi connectivity index (χ3v) is 2.06. The Morgan fingerprint density at radius 1 is 1.37 bits per heavy atom. The van der Waals surface area contributed by atoms with E-state index in [1.165, 1.54) is 13.0 Å². The van der Waals surface area contributed by atoms with E-state index in [4.69, 9.17) is 16.4 Å². The molecule has 0 aliphatic carbocycles. The zero-order valence-electron chi connectivity index (χ0n) is 11.7. The van der Waals surface area contributed by atoms with Crippen molar-refractivity contribution in [1.82, 2.24) is 5.32 Å². The minimum atomic E-state index is -1.55. The summed E-state index contributed by atoms with van der Waals surface area (Å²) in [6, 6.07) is 0. The molecule has 0 bridgehead atoms. The van der Waals surface area contributed by atoms with E-state index in [-0.39, 0.29) is 6.54 Å². The number of rotatable bonds is 5. The van der Waals surface area contributed by atoms with Gasteiger partial charge >= 0.3 is 12.1 Å². The molecule has 19 heavy (non-hydrogen) atoms. The summed E-state index contributed by atoms with van der Waals surface area (Å²) in [5.74, 6) is -1.20. The molecule has 0 aromatic carbocycles. The number of carbonyl (C=O) groups excluding carboxylic acids is 1. The number of alkyl carbamates (subject to hydrolysis) is 1. The lowest BCUT2D eigenvalue weighted by Gasteiger charge is -2.26. The van der Waals surface area contributed by atoms with Gasteiger partial charge in [0, 0.05) is 6.42 Å². The Kier molecular flexibility index (Phi) is 6.06. The topological polar surface area (TPSA) is 80.0 Å². The van der Waals surface area contributed by atoms with E-state index in [1.807, 2.05) is 0 Å². The predicted molar refractivity (Wildman–Crippen MR) is 70.6 cm³/mol. The van der Waals surface area contributed by atoms with E-state index in [2.05, 4.69) is 10.2 Å². The van der Waals surface area contributed by atoms with E-state index >= 15 is 0 Å². The van der Waals surface area contributed by atoms with Gasteiger partial charge in [0.15, 0.2) is 5.54 Å². The zero-order valence-corrected chi connectivity index (χ0v) is 11.7. The van der Waals surface area contributed by atoms with Gasteiger partial charge in [-0.1, -0.05) is 12.2 Å². The molecule has 2 N–H and O–H groups in total. The van der Waals surface area contributed by atoms with Gasteiger partial charge in [0.25, 0.3) is 0 Å². The highest BCUT2D eigenvalue weighted by Crippen LogP contribution is 2.11. The van der Waals surface area contributed by atoms with Crippen LogP contribution in [-0.2, 0) is 9.53 Å². The van der Waals surface area contributed by atoms with Crippen molar-refractivity contribution in [2.24, 2.45) is 0 Å². The largest absolute Gasteiger partial charge is 0.479 e. The first-order valence-electron chi connectivity index (χ1n) is 5.86. The molecule has 0 aliphatic rings. The van der Waals surface area contributed by atoms with Crippen molar-refractivity contribution in [3.63, 3.8) is 0 Å². The van der Waals surface area contributed by atoms with Crippen LogP contribution in [0.3, 0.4) is 0 Å². The Bertz CT molecular complexity index is 404. The van der Waals surface area contributed by atoms with Crippen LogP contribution >= 0.6 is 0 Å². The third-order valence-electron chi connectivity index (χ3n) is 2.06. The molecule has 0 aliphatic heterocycles. The highest BCUT2D eigenvalue weighted by atomic mass is 16.6. The average molecular weight is 268 g/mol. The first-order chi connectivity index (χ1) is 8.60. The summed E-state index contributed by atoms with van der Waals surface area (Å²) in [4.78, 5) is 25.9. The van der Waals surface area contributed by atoms with E-state index < -0.39 is 23.2 Å². The van der Waals surface area contributed by atoms with Crippen LogP contribution in [0.4, 0.5) is 4.79 Å². The van der Waals surface area contributed by atoms with Gasteiger partial charge in [-0.2, -0.15) is 0 Å². The third kappa shape index (κ3) is 7.09. The van der Waals surface area contributed by atoms with Crippen LogP contribution in [0.1, 0.15) is 34.1 Å². The fourth-order valence-corrected chi connectivity index (χ4v) is 1.14. The second-order valence-electron chi connectivity index (χ2n) is 5.21. The van der Waals surface area contributed by atoms with E-state index in [9.17, 15) is 9.59 Å². The van der Waals surface area contributed by atoms with E-state index in [1.54, 1.807) is 26.8 Å². The lowest BCUT2D eigenvalue weighted by Crippen LogP contribution is -2.52. The molecular formula is C13H20N2O4. The molecule has 0 heterocycles. The van der Waals surface area contributed by atoms with Crippen molar-refractivity contribution in [3.8, 4) is 0 Å². The van der Waals surface area contributed by atoms with Gasteiger partial charge in [-0.05, 0) is 27.7 Å². The summed E-state index contributed by atoms with van der Waals surface area (Å²) in [5, 5.41) is 11.5. The first-order valence-corrected chi connectivity index (χ1v) is 5.86. The Hall–Kier alpha value is -2.03. The molecule has 1 amide bonds. The second kappa shape index (κ2) is 6.78. The van der Waals surface area contributed by atoms with Gasteiger partial charge in [-0.25, -0.2) is 16.2 Å². The lowest BCUT2D eigenvalue weighted by molar-refractivity contribution is -0.142. The molecule has 106 valence electrons. The van der Waals surface area contributed by atoms with Crippen LogP contribution in [0.5, 0.6) is 0 Å². The van der Waals surface area contributed by atoms with Gasteiger partial charge in [0.2, 0.25) is 6.54 Å². The summed E-state index contributed by atoms with van der Waals surface area (Å²) in [7, 11) is 0. The molecule has 6 heteroatoms. The molecule has 0 spiro atoms. The van der Waals surface area contributed by atoms with Gasteiger partial charge in [-0.15, -0.1) is 0 Å². The second-order valence-corrected chi connectivity index (χ2v) is 5.21. The van der Waals surface area contributed by atoms with Crippen LogP contribution in [0.15, 0.2) is 12.2 Å². The molecule has 1 unspecified atom stereocenters. The summed E-state index contributed by atoms with van der Waals surface area (Å²) in [5.41, 5.74) is -2.25. The van der Waals surface area contributed by atoms with Gasteiger partial charge < -0.3 is 20.0 Å². The van der Waals surface area contributed by atoms with Crippen molar-refractivity contribution in [2.75, 3.05) is 6.54 Å². The quantitative estimate of drug-likeness (QED) is 0.455. The number of carboxylic acids is 1. The number of ether oxygens (including phenoxy) is 1. The van der Waals surface area contributed by atoms with E-state index in [0.29, 0.717) is 6.42 Å². The zero-order chi connectivity index (χ0) is 15.1. The molecular weight excluding hydrogens is 248 g/mol. The molecule has 0 radical (unpaired) electrons. The lowest BCUT2D eigenvalue weighted by atomic mass is 10.0. The SMILES string of the molecule is [C-]#[N+]CC/C=C\C(C)(NC(=O)OC(C)(C)C)C(=O)O. The number of nitrogens with zero attached hydrogens (tertiary/aromatic N) is 1. The number of hydrogen-bond donors (Lipinski definition) is 2. The highest BCUT2D eigenvalue weighted by molar-refractivity contribution is 5.86. The molecule has 0 aromatic rings. The van der Waals surface area contributed by atoms with Crippen LogP contribution in [-0.4, -0.2) is 34.9 Å². The first kappa shape index (κ1) is 17.0. The fourth-order valence-electron chi connectivity index (χ4n) is 1.14. The van der Waals surface area contributed by atoms with Crippen molar-refractivity contribution in [1.29, 1.82) is 0 Å². The molecule has 6 nitrogen and oxygen atoms in total. The highest BCUT2D eigenvalue weighted by Gasteiger charge is 2.33. The van der Waals surface area contributed by atoms with Gasteiger partial charge in [0.05, 0.1) is 0 Å². The number of hydrogen-bond acceptors (Lipinski definition) is 3. The summed E-state index contributed by atoms with van der Waals surface area (Å²) < 4.78 is 5.02. The van der Waals surface area contributed by atoms with Crippen LogP contribution in [0.2, 0.25) is 0 Å². The number of nitrogens with one attached hydrogen (secondary N) is 1. The molecule has 0 saturated heterocycles. The smallest absolute Gasteiger partial charge is 0.408 e. The number of amides is 1. The molecule has 0 fully saturated rings. The summed E-state index contributed by atoms with van der Waals surface area (Å²) in [6.45, 7) is 13.3. The maximum absolute atomic E-state index is 11.6. The fraction of sp³-hybridized carbons (Fsp3) is 0.615. The monoisotopic (exact) mass is 268 g/mol.